The van der Waals surface area contributed by atoms with Crippen molar-refractivity contribution < 1.29 is 18.4 Å². The third kappa shape index (κ3) is 6.22. The summed E-state index contributed by atoms with van der Waals surface area (Å²) in [4.78, 5) is 32.8. The van der Waals surface area contributed by atoms with Crippen LogP contribution >= 0.6 is 23.2 Å². The van der Waals surface area contributed by atoms with Crippen molar-refractivity contribution in [3.8, 4) is 0 Å². The van der Waals surface area contributed by atoms with E-state index in [4.69, 9.17) is 23.2 Å². The number of halogens is 4. The number of piperidine rings is 1. The maximum absolute atomic E-state index is 14.7. The Labute approximate surface area is 274 Å². The van der Waals surface area contributed by atoms with E-state index in [1.807, 2.05) is 23.1 Å². The first-order chi connectivity index (χ1) is 21.6. The Morgan fingerprint density at radius 1 is 1.07 bits per heavy atom. The predicted molar refractivity (Wildman–Crippen MR) is 175 cm³/mol. The van der Waals surface area contributed by atoms with Crippen molar-refractivity contribution in [2.24, 2.45) is 5.92 Å². The standard InChI is InChI=1S/C35H42Cl2F2N4O2/c1-2-12-35(38,39)27-8-4-9-28(21-27)43-24-40-32(45)34(43)15-18-41(19-16-34)17-5-13-33(26-10-11-29(36)30(37)22-26)14-20-42(23-33)31(44)25-6-3-7-25/h2,4,8-12,21-22,25H,3,5-7,13-20,23-24H2,1H3,(H,40,45)/b12-2+. The number of hydrogen-bond acceptors (Lipinski definition) is 4. The summed E-state index contributed by atoms with van der Waals surface area (Å²) in [5.41, 5.74) is 0.765. The minimum Gasteiger partial charge on any atom is -0.342 e. The molecule has 3 heterocycles. The van der Waals surface area contributed by atoms with E-state index in [0.717, 1.165) is 76.3 Å². The van der Waals surface area contributed by atoms with Crippen LogP contribution in [0, 0.1) is 5.92 Å². The zero-order chi connectivity index (χ0) is 31.8. The molecule has 4 aliphatic rings. The molecule has 0 radical (unpaired) electrons. The predicted octanol–water partition coefficient (Wildman–Crippen LogP) is 7.14. The number of hydrogen-bond donors (Lipinski definition) is 1. The second-order valence-electron chi connectivity index (χ2n) is 13.3. The van der Waals surface area contributed by atoms with Gasteiger partial charge in [0.15, 0.2) is 0 Å². The van der Waals surface area contributed by atoms with Crippen molar-refractivity contribution in [1.29, 1.82) is 0 Å². The van der Waals surface area contributed by atoms with Crippen LogP contribution in [0.5, 0.6) is 0 Å². The minimum atomic E-state index is -3.08. The summed E-state index contributed by atoms with van der Waals surface area (Å²) in [6, 6.07) is 12.3. The van der Waals surface area contributed by atoms with Gasteiger partial charge in [-0.25, -0.2) is 0 Å². The molecule has 0 bridgehead atoms. The molecule has 1 unspecified atom stereocenters. The number of nitrogens with zero attached hydrogens (tertiary/aromatic N) is 3. The lowest BCUT2D eigenvalue weighted by Crippen LogP contribution is -2.56. The summed E-state index contributed by atoms with van der Waals surface area (Å²) in [5, 5.41) is 4.05. The Balaban J connectivity index is 1.11. The van der Waals surface area contributed by atoms with Crippen LogP contribution in [-0.2, 0) is 20.9 Å². The highest BCUT2D eigenvalue weighted by Gasteiger charge is 2.51. The summed E-state index contributed by atoms with van der Waals surface area (Å²) in [6.45, 7) is 5.70. The molecule has 2 aromatic rings. The van der Waals surface area contributed by atoms with Crippen LogP contribution in [0.25, 0.3) is 0 Å². The van der Waals surface area contributed by atoms with E-state index < -0.39 is 11.5 Å². The highest BCUT2D eigenvalue weighted by atomic mass is 35.5. The topological polar surface area (TPSA) is 55.9 Å². The third-order valence-electron chi connectivity index (χ3n) is 10.7. The SMILES string of the molecule is C/C=C/C(F)(F)c1cccc(N2CNC(=O)C23CCN(CCCC2(c4ccc(Cl)c(Cl)c4)CCN(C(=O)C4CCC4)C2)CC3)c1. The number of alkyl halides is 2. The van der Waals surface area contributed by atoms with E-state index in [1.165, 1.54) is 18.2 Å². The molecule has 1 spiro atoms. The average Bonchev–Trinajstić information content (AvgIpc) is 3.57. The van der Waals surface area contributed by atoms with Crippen LogP contribution in [0.1, 0.15) is 69.4 Å². The lowest BCUT2D eigenvalue weighted by Gasteiger charge is -2.43. The van der Waals surface area contributed by atoms with Crippen molar-refractivity contribution in [2.75, 3.05) is 44.3 Å². The van der Waals surface area contributed by atoms with Gasteiger partial charge >= 0.3 is 0 Å². The fraction of sp³-hybridized carbons (Fsp3) is 0.543. The molecule has 1 saturated carbocycles. The zero-order valence-corrected chi connectivity index (χ0v) is 27.4. The molecular weight excluding hydrogens is 617 g/mol. The molecule has 10 heteroatoms. The van der Waals surface area contributed by atoms with Crippen molar-refractivity contribution in [2.45, 2.75) is 75.2 Å². The number of likely N-dealkylation sites (tertiary alicyclic amines) is 2. The van der Waals surface area contributed by atoms with Gasteiger partial charge in [-0.2, -0.15) is 8.78 Å². The molecule has 0 aromatic heterocycles. The lowest BCUT2D eigenvalue weighted by molar-refractivity contribution is -0.137. The van der Waals surface area contributed by atoms with Crippen LogP contribution < -0.4 is 10.2 Å². The van der Waals surface area contributed by atoms with E-state index in [9.17, 15) is 18.4 Å². The van der Waals surface area contributed by atoms with Gasteiger partial charge < -0.3 is 20.0 Å². The molecular formula is C35H42Cl2F2N4O2. The number of benzene rings is 2. The smallest absolute Gasteiger partial charge is 0.291 e. The average molecular weight is 660 g/mol. The van der Waals surface area contributed by atoms with E-state index in [1.54, 1.807) is 13.0 Å². The summed E-state index contributed by atoms with van der Waals surface area (Å²) in [5.74, 6) is -2.64. The van der Waals surface area contributed by atoms with Crippen LogP contribution in [0.2, 0.25) is 10.0 Å². The van der Waals surface area contributed by atoms with E-state index >= 15 is 0 Å². The Morgan fingerprint density at radius 2 is 1.84 bits per heavy atom. The van der Waals surface area contributed by atoms with Gasteiger partial charge in [-0.3, -0.25) is 9.59 Å². The molecule has 242 valence electrons. The van der Waals surface area contributed by atoms with Gasteiger partial charge in [0.05, 0.1) is 16.7 Å². The molecule has 2 amide bonds. The Bertz CT molecular complexity index is 1460. The van der Waals surface area contributed by atoms with Gasteiger partial charge in [0.2, 0.25) is 11.8 Å². The minimum absolute atomic E-state index is 0.0338. The maximum atomic E-state index is 14.7. The molecule has 1 aliphatic carbocycles. The number of carbonyl (C=O) groups is 2. The second-order valence-corrected chi connectivity index (χ2v) is 14.1. The number of carbonyl (C=O) groups excluding carboxylic acids is 2. The van der Waals surface area contributed by atoms with Crippen LogP contribution in [0.3, 0.4) is 0 Å². The quantitative estimate of drug-likeness (QED) is 0.291. The van der Waals surface area contributed by atoms with Crippen molar-refractivity contribution >= 4 is 40.7 Å². The summed E-state index contributed by atoms with van der Waals surface area (Å²) in [7, 11) is 0. The van der Waals surface area contributed by atoms with Gasteiger partial charge in [0.1, 0.15) is 5.54 Å². The van der Waals surface area contributed by atoms with Crippen molar-refractivity contribution in [1.82, 2.24) is 15.1 Å². The van der Waals surface area contributed by atoms with Gasteiger partial charge in [0, 0.05) is 48.8 Å². The molecule has 4 fully saturated rings. The number of amides is 2. The van der Waals surface area contributed by atoms with Crippen LogP contribution in [-0.4, -0.2) is 66.5 Å². The van der Waals surface area contributed by atoms with E-state index in [2.05, 4.69) is 21.2 Å². The fourth-order valence-electron chi connectivity index (χ4n) is 7.78. The third-order valence-corrected chi connectivity index (χ3v) is 11.5. The number of allylic oxidation sites excluding steroid dienone is 2. The Hall–Kier alpha value is -2.68. The first-order valence-electron chi connectivity index (χ1n) is 16.2. The monoisotopic (exact) mass is 658 g/mol. The first kappa shape index (κ1) is 32.3. The van der Waals surface area contributed by atoms with Gasteiger partial charge in [-0.15, -0.1) is 0 Å². The van der Waals surface area contributed by atoms with Gasteiger partial charge in [-0.05, 0) is 94.3 Å². The molecule has 6 rings (SSSR count). The highest BCUT2D eigenvalue weighted by molar-refractivity contribution is 6.42. The molecule has 1 atom stereocenters. The molecule has 3 aliphatic heterocycles. The molecule has 1 N–H and O–H groups in total. The fourth-order valence-corrected chi connectivity index (χ4v) is 8.08. The normalized spacial score (nSPS) is 24.1. The van der Waals surface area contributed by atoms with Crippen LogP contribution in [0.15, 0.2) is 54.6 Å². The zero-order valence-electron chi connectivity index (χ0n) is 25.8. The maximum Gasteiger partial charge on any atom is 0.291 e. The largest absolute Gasteiger partial charge is 0.342 e. The highest BCUT2D eigenvalue weighted by Crippen LogP contribution is 2.43. The van der Waals surface area contributed by atoms with Crippen molar-refractivity contribution in [3.05, 3.63) is 75.8 Å². The van der Waals surface area contributed by atoms with E-state index in [0.29, 0.717) is 47.7 Å². The van der Waals surface area contributed by atoms with Gasteiger partial charge in [0.25, 0.3) is 5.92 Å². The second kappa shape index (κ2) is 12.8. The molecule has 45 heavy (non-hydrogen) atoms. The first-order valence-corrected chi connectivity index (χ1v) is 17.0. The Kier molecular flexibility index (Phi) is 9.21. The summed E-state index contributed by atoms with van der Waals surface area (Å²) < 4.78 is 29.4. The number of rotatable bonds is 9. The molecule has 6 nitrogen and oxygen atoms in total. The van der Waals surface area contributed by atoms with Crippen molar-refractivity contribution in [3.63, 3.8) is 0 Å². The molecule has 2 aromatic carbocycles. The van der Waals surface area contributed by atoms with Gasteiger partial charge in [-0.1, -0.05) is 53.9 Å². The van der Waals surface area contributed by atoms with E-state index in [-0.39, 0.29) is 22.8 Å². The molecule has 3 saturated heterocycles. The summed E-state index contributed by atoms with van der Waals surface area (Å²) >= 11 is 12.7. The summed E-state index contributed by atoms with van der Waals surface area (Å²) in [6.07, 6.45) is 9.38. The van der Waals surface area contributed by atoms with Crippen LogP contribution in [0.4, 0.5) is 14.5 Å². The Morgan fingerprint density at radius 3 is 2.53 bits per heavy atom. The number of nitrogens with one attached hydrogen (secondary N) is 1. The lowest BCUT2D eigenvalue weighted by atomic mass is 9.75. The number of anilines is 1.